The minimum atomic E-state index is -0.103. The van der Waals surface area contributed by atoms with Gasteiger partial charge >= 0.3 is 6.03 Å². The molecule has 0 spiro atoms. The van der Waals surface area contributed by atoms with Gasteiger partial charge in [-0.1, -0.05) is 24.3 Å². The third-order valence-corrected chi connectivity index (χ3v) is 5.14. The second kappa shape index (κ2) is 6.89. The van der Waals surface area contributed by atoms with Crippen molar-refractivity contribution in [3.63, 3.8) is 0 Å². The van der Waals surface area contributed by atoms with Crippen LogP contribution >= 0.6 is 0 Å². The van der Waals surface area contributed by atoms with E-state index in [2.05, 4.69) is 36.2 Å². The molecule has 0 aromatic heterocycles. The summed E-state index contributed by atoms with van der Waals surface area (Å²) in [4.78, 5) is 17.0. The maximum Gasteiger partial charge on any atom is 0.317 e. The summed E-state index contributed by atoms with van der Waals surface area (Å²) in [5, 5.41) is 3.16. The van der Waals surface area contributed by atoms with Gasteiger partial charge in [-0.3, -0.25) is 4.90 Å². The van der Waals surface area contributed by atoms with Crippen molar-refractivity contribution in [1.29, 1.82) is 0 Å². The highest BCUT2D eigenvalue weighted by Crippen LogP contribution is 2.29. The first-order chi connectivity index (χ1) is 11.1. The molecule has 2 amide bonds. The Bertz CT molecular complexity index is 560. The fraction of sp³-hybridized carbons (Fsp3) is 0.611. The Hall–Kier alpha value is -1.59. The topological polar surface area (TPSA) is 61.6 Å². The molecule has 23 heavy (non-hydrogen) atoms. The van der Waals surface area contributed by atoms with E-state index in [-0.39, 0.29) is 18.1 Å². The molecule has 2 aliphatic rings. The monoisotopic (exact) mass is 316 g/mol. The molecule has 2 atom stereocenters. The van der Waals surface area contributed by atoms with Crippen molar-refractivity contribution in [3.05, 3.63) is 35.4 Å². The molecule has 3 N–H and O–H groups in total. The van der Waals surface area contributed by atoms with Crippen molar-refractivity contribution in [2.24, 2.45) is 5.73 Å². The number of hydrogen-bond acceptors (Lipinski definition) is 3. The van der Waals surface area contributed by atoms with E-state index in [1.165, 1.54) is 11.1 Å². The minimum Gasteiger partial charge on any atom is -0.333 e. The highest BCUT2D eigenvalue weighted by atomic mass is 16.2. The van der Waals surface area contributed by atoms with E-state index in [1.807, 2.05) is 17.0 Å². The molecule has 5 nitrogen and oxygen atoms in total. The predicted molar refractivity (Wildman–Crippen MR) is 92.3 cm³/mol. The van der Waals surface area contributed by atoms with Crippen molar-refractivity contribution < 1.29 is 4.79 Å². The molecule has 0 saturated carbocycles. The smallest absolute Gasteiger partial charge is 0.317 e. The molecule has 1 aliphatic carbocycles. The van der Waals surface area contributed by atoms with Gasteiger partial charge in [-0.25, -0.2) is 4.79 Å². The lowest BCUT2D eigenvalue weighted by Crippen LogP contribution is -2.48. The first-order valence-electron chi connectivity index (χ1n) is 8.69. The van der Waals surface area contributed by atoms with Gasteiger partial charge in [0.15, 0.2) is 0 Å². The van der Waals surface area contributed by atoms with E-state index >= 15 is 0 Å². The minimum absolute atomic E-state index is 0.00403. The average molecular weight is 316 g/mol. The summed E-state index contributed by atoms with van der Waals surface area (Å²) in [6, 6.07) is 8.69. The molecule has 1 aromatic rings. The molecule has 0 bridgehead atoms. The second-order valence-electron chi connectivity index (χ2n) is 6.96. The standard InChI is InChI=1S/C18H28N4O/c1-13(2)21-8-5-9-22(11-10-21)18(23)20-16-12-14-6-3-4-7-15(14)17(16)19/h3-4,6-7,13,16-17H,5,8-12,19H2,1-2H3,(H,20,23)/t16-,17-/m1/s1. The molecule has 1 aliphatic heterocycles. The molecule has 126 valence electrons. The number of nitrogens with two attached hydrogens (primary N) is 1. The SMILES string of the molecule is CC(C)N1CCCN(C(=O)N[C@@H]2Cc3ccccc3[C@H]2N)CC1. The van der Waals surface area contributed by atoms with Crippen LogP contribution in [0.25, 0.3) is 0 Å². The number of hydrogen-bond donors (Lipinski definition) is 2. The van der Waals surface area contributed by atoms with Gasteiger partial charge in [-0.15, -0.1) is 0 Å². The van der Waals surface area contributed by atoms with Crippen molar-refractivity contribution in [3.8, 4) is 0 Å². The highest BCUT2D eigenvalue weighted by Gasteiger charge is 2.31. The van der Waals surface area contributed by atoms with Gasteiger partial charge in [0.1, 0.15) is 0 Å². The number of urea groups is 1. The maximum absolute atomic E-state index is 12.6. The van der Waals surface area contributed by atoms with E-state index in [9.17, 15) is 4.79 Å². The molecule has 1 aromatic carbocycles. The van der Waals surface area contributed by atoms with Crippen LogP contribution in [0.1, 0.15) is 37.4 Å². The van der Waals surface area contributed by atoms with Gasteiger partial charge in [-0.2, -0.15) is 0 Å². The second-order valence-corrected chi connectivity index (χ2v) is 6.96. The van der Waals surface area contributed by atoms with Crippen molar-refractivity contribution in [2.75, 3.05) is 26.2 Å². The van der Waals surface area contributed by atoms with Crippen LogP contribution < -0.4 is 11.1 Å². The number of carbonyl (C=O) groups is 1. The number of carbonyl (C=O) groups excluding carboxylic acids is 1. The first kappa shape index (κ1) is 16.3. The lowest BCUT2D eigenvalue weighted by Gasteiger charge is -2.26. The van der Waals surface area contributed by atoms with Crippen LogP contribution in [-0.4, -0.2) is 54.1 Å². The summed E-state index contributed by atoms with van der Waals surface area (Å²) >= 11 is 0. The Labute approximate surface area is 138 Å². The summed E-state index contributed by atoms with van der Waals surface area (Å²) in [5.74, 6) is 0. The van der Waals surface area contributed by atoms with Gasteiger partial charge < -0.3 is 16.0 Å². The lowest BCUT2D eigenvalue weighted by atomic mass is 10.1. The fourth-order valence-electron chi connectivity index (χ4n) is 3.67. The molecular weight excluding hydrogens is 288 g/mol. The van der Waals surface area contributed by atoms with Crippen LogP contribution in [0, 0.1) is 0 Å². The number of amides is 2. The van der Waals surface area contributed by atoms with Gasteiger partial charge in [0.25, 0.3) is 0 Å². The normalized spacial score (nSPS) is 25.3. The van der Waals surface area contributed by atoms with E-state index < -0.39 is 0 Å². The lowest BCUT2D eigenvalue weighted by molar-refractivity contribution is 0.189. The predicted octanol–water partition coefficient (Wildman–Crippen LogP) is 1.74. The zero-order valence-corrected chi connectivity index (χ0v) is 14.2. The summed E-state index contributed by atoms with van der Waals surface area (Å²) in [6.07, 6.45) is 1.86. The average Bonchev–Trinajstić information content (AvgIpc) is 2.73. The van der Waals surface area contributed by atoms with Crippen molar-refractivity contribution in [1.82, 2.24) is 15.1 Å². The molecule has 1 heterocycles. The highest BCUT2D eigenvalue weighted by molar-refractivity contribution is 5.75. The van der Waals surface area contributed by atoms with Crippen LogP contribution in [0.4, 0.5) is 4.79 Å². The van der Waals surface area contributed by atoms with Crippen LogP contribution in [0.2, 0.25) is 0 Å². The number of nitrogens with one attached hydrogen (secondary N) is 1. The van der Waals surface area contributed by atoms with E-state index in [0.717, 1.165) is 39.0 Å². The largest absolute Gasteiger partial charge is 0.333 e. The molecular formula is C18H28N4O. The Morgan fingerprint density at radius 2 is 2.00 bits per heavy atom. The number of fused-ring (bicyclic) bond motifs is 1. The Balaban J connectivity index is 1.58. The van der Waals surface area contributed by atoms with E-state index in [1.54, 1.807) is 0 Å². The van der Waals surface area contributed by atoms with Gasteiger partial charge in [0, 0.05) is 32.2 Å². The quantitative estimate of drug-likeness (QED) is 0.873. The van der Waals surface area contributed by atoms with Crippen LogP contribution in [0.15, 0.2) is 24.3 Å². The third-order valence-electron chi connectivity index (χ3n) is 5.14. The molecule has 1 fully saturated rings. The summed E-state index contributed by atoms with van der Waals surface area (Å²) in [7, 11) is 0. The third kappa shape index (κ3) is 3.51. The molecule has 5 heteroatoms. The Morgan fingerprint density at radius 1 is 1.22 bits per heavy atom. The maximum atomic E-state index is 12.6. The summed E-state index contributed by atoms with van der Waals surface area (Å²) in [5.41, 5.74) is 8.74. The summed E-state index contributed by atoms with van der Waals surface area (Å²) in [6.45, 7) is 8.05. The van der Waals surface area contributed by atoms with Gasteiger partial charge in [0.05, 0.1) is 12.1 Å². The van der Waals surface area contributed by atoms with Gasteiger partial charge in [-0.05, 0) is 37.8 Å². The van der Waals surface area contributed by atoms with E-state index in [4.69, 9.17) is 5.73 Å². The first-order valence-corrected chi connectivity index (χ1v) is 8.69. The van der Waals surface area contributed by atoms with E-state index in [0.29, 0.717) is 6.04 Å². The van der Waals surface area contributed by atoms with Gasteiger partial charge in [0.2, 0.25) is 0 Å². The van der Waals surface area contributed by atoms with Crippen molar-refractivity contribution >= 4 is 6.03 Å². The molecule has 0 unspecified atom stereocenters. The molecule has 1 saturated heterocycles. The fourth-order valence-corrected chi connectivity index (χ4v) is 3.67. The molecule has 3 rings (SSSR count). The zero-order valence-electron chi connectivity index (χ0n) is 14.2. The Morgan fingerprint density at radius 3 is 2.74 bits per heavy atom. The summed E-state index contributed by atoms with van der Waals surface area (Å²) < 4.78 is 0. The molecule has 0 radical (unpaired) electrons. The Kier molecular flexibility index (Phi) is 4.87. The van der Waals surface area contributed by atoms with Crippen molar-refractivity contribution in [2.45, 2.75) is 44.8 Å². The number of nitrogens with zero attached hydrogens (tertiary/aromatic N) is 2. The van der Waals surface area contributed by atoms with Crippen LogP contribution in [0.5, 0.6) is 0 Å². The zero-order chi connectivity index (χ0) is 16.4. The van der Waals surface area contributed by atoms with Crippen LogP contribution in [0.3, 0.4) is 0 Å². The number of benzene rings is 1. The number of rotatable bonds is 2. The van der Waals surface area contributed by atoms with Crippen LogP contribution in [-0.2, 0) is 6.42 Å².